The predicted octanol–water partition coefficient (Wildman–Crippen LogP) is 3.71. The van der Waals surface area contributed by atoms with Crippen LogP contribution in [0.2, 0.25) is 0 Å². The lowest BCUT2D eigenvalue weighted by Crippen LogP contribution is -2.63. The molecule has 0 spiro atoms. The number of likely N-dealkylation sites (tertiary alicyclic amines) is 1. The highest BCUT2D eigenvalue weighted by Crippen LogP contribution is 2.40. The summed E-state index contributed by atoms with van der Waals surface area (Å²) in [6.07, 6.45) is 4.47. The van der Waals surface area contributed by atoms with Gasteiger partial charge in [0, 0.05) is 56.2 Å². The van der Waals surface area contributed by atoms with Crippen LogP contribution in [0, 0.1) is 6.92 Å². The lowest BCUT2D eigenvalue weighted by molar-refractivity contribution is -0.139. The summed E-state index contributed by atoms with van der Waals surface area (Å²) in [7, 11) is 0. The number of fused-ring (bicyclic) bond motifs is 2. The first kappa shape index (κ1) is 32.1. The molecule has 0 aliphatic carbocycles. The van der Waals surface area contributed by atoms with Gasteiger partial charge in [-0.2, -0.15) is 0 Å². The van der Waals surface area contributed by atoms with Crippen LogP contribution in [0.5, 0.6) is 5.88 Å². The van der Waals surface area contributed by atoms with Crippen LogP contribution in [0.25, 0.3) is 0 Å². The number of benzene rings is 1. The van der Waals surface area contributed by atoms with Crippen molar-refractivity contribution in [2.45, 2.75) is 58.7 Å². The van der Waals surface area contributed by atoms with Crippen molar-refractivity contribution in [3.63, 3.8) is 0 Å². The van der Waals surface area contributed by atoms with Crippen molar-refractivity contribution >= 4 is 35.0 Å². The highest BCUT2D eigenvalue weighted by molar-refractivity contribution is 5.92. The standard InChI is InChI=1S/C35H44N8O5/c1-23-29(19-36-32-31(23)43(13-16-47-32)34(45)48-35(2,3)4)41-10-9-25-18-37-33(39-28(25)22-41)38-26-7-5-24(6-8-26)17-30(44)42-20-27(21-42)40-11-14-46-15-12-40/h5-8,18-19,27H,9-17,20-22H2,1-4H3,(H,37,38,39). The molecule has 0 radical (unpaired) electrons. The van der Waals surface area contributed by atoms with Crippen LogP contribution in [0.3, 0.4) is 0 Å². The Bertz CT molecular complexity index is 1660. The van der Waals surface area contributed by atoms with Gasteiger partial charge in [0.25, 0.3) is 0 Å². The number of morpholine rings is 1. The number of nitrogens with zero attached hydrogens (tertiary/aromatic N) is 7. The van der Waals surface area contributed by atoms with Crippen molar-refractivity contribution in [2.75, 3.05) is 74.2 Å². The number of amides is 2. The molecule has 1 N–H and O–H groups in total. The van der Waals surface area contributed by atoms with Gasteiger partial charge in [0.05, 0.1) is 50.3 Å². The molecular weight excluding hydrogens is 612 g/mol. The zero-order valence-electron chi connectivity index (χ0n) is 28.2. The second-order valence-electron chi connectivity index (χ2n) is 13.8. The first-order valence-electron chi connectivity index (χ1n) is 16.8. The SMILES string of the molecule is Cc1c(N2CCc3cnc(Nc4ccc(CC(=O)N5CC(N6CCOCC6)C5)cc4)nc3C2)cnc2c1N(C(=O)OC(C)(C)C)CCO2. The fourth-order valence-corrected chi connectivity index (χ4v) is 6.67. The summed E-state index contributed by atoms with van der Waals surface area (Å²) in [5.74, 6) is 1.11. The number of hydrogen-bond acceptors (Lipinski definition) is 11. The van der Waals surface area contributed by atoms with E-state index in [9.17, 15) is 9.59 Å². The number of nitrogens with one attached hydrogen (secondary N) is 1. The minimum Gasteiger partial charge on any atom is -0.474 e. The summed E-state index contributed by atoms with van der Waals surface area (Å²) in [4.78, 5) is 48.2. The molecule has 13 nitrogen and oxygen atoms in total. The molecule has 0 saturated carbocycles. The zero-order chi connectivity index (χ0) is 33.4. The Morgan fingerprint density at radius 2 is 1.77 bits per heavy atom. The lowest BCUT2D eigenvalue weighted by atomic mass is 10.0. The van der Waals surface area contributed by atoms with Crippen molar-refractivity contribution in [3.8, 4) is 5.88 Å². The van der Waals surface area contributed by atoms with Crippen LogP contribution in [0.15, 0.2) is 36.7 Å². The maximum Gasteiger partial charge on any atom is 0.415 e. The van der Waals surface area contributed by atoms with E-state index in [0.717, 1.165) is 86.1 Å². The lowest BCUT2D eigenvalue weighted by Gasteiger charge is -2.46. The van der Waals surface area contributed by atoms with Gasteiger partial charge in [-0.25, -0.2) is 19.7 Å². The van der Waals surface area contributed by atoms with Gasteiger partial charge in [0.15, 0.2) is 0 Å². The number of rotatable bonds is 6. The zero-order valence-corrected chi connectivity index (χ0v) is 28.2. The molecule has 0 atom stereocenters. The number of carbonyl (C=O) groups is 2. The Morgan fingerprint density at radius 1 is 1.00 bits per heavy atom. The topological polar surface area (TPSA) is 125 Å². The van der Waals surface area contributed by atoms with E-state index in [2.05, 4.69) is 25.1 Å². The number of anilines is 4. The third-order valence-corrected chi connectivity index (χ3v) is 9.31. The highest BCUT2D eigenvalue weighted by Gasteiger charge is 2.35. The summed E-state index contributed by atoms with van der Waals surface area (Å²) >= 11 is 0. The van der Waals surface area contributed by atoms with Gasteiger partial charge < -0.3 is 29.3 Å². The van der Waals surface area contributed by atoms with E-state index in [1.165, 1.54) is 0 Å². The third-order valence-electron chi connectivity index (χ3n) is 9.31. The highest BCUT2D eigenvalue weighted by atomic mass is 16.6. The van der Waals surface area contributed by atoms with Crippen molar-refractivity contribution in [1.82, 2.24) is 24.8 Å². The molecule has 2 amide bonds. The average molecular weight is 657 g/mol. The molecule has 7 rings (SSSR count). The fourth-order valence-electron chi connectivity index (χ4n) is 6.67. The molecule has 0 bridgehead atoms. The van der Waals surface area contributed by atoms with Crippen LogP contribution in [0.1, 0.15) is 43.2 Å². The number of pyridine rings is 1. The van der Waals surface area contributed by atoms with E-state index in [-0.39, 0.29) is 5.91 Å². The molecular formula is C35H44N8O5. The van der Waals surface area contributed by atoms with E-state index in [1.54, 1.807) is 4.90 Å². The summed E-state index contributed by atoms with van der Waals surface area (Å²) in [6.45, 7) is 14.7. The van der Waals surface area contributed by atoms with E-state index in [0.29, 0.717) is 49.7 Å². The summed E-state index contributed by atoms with van der Waals surface area (Å²) in [5.41, 5.74) is 5.74. The second kappa shape index (κ2) is 13.2. The Labute approximate surface area is 281 Å². The first-order chi connectivity index (χ1) is 23.1. The van der Waals surface area contributed by atoms with Crippen molar-refractivity contribution < 1.29 is 23.8 Å². The van der Waals surface area contributed by atoms with Crippen LogP contribution in [0.4, 0.5) is 27.8 Å². The molecule has 0 unspecified atom stereocenters. The predicted molar refractivity (Wildman–Crippen MR) is 181 cm³/mol. The molecule has 2 saturated heterocycles. The summed E-state index contributed by atoms with van der Waals surface area (Å²) in [5, 5.41) is 3.33. The molecule has 3 aromatic rings. The van der Waals surface area contributed by atoms with Gasteiger partial charge in [-0.3, -0.25) is 14.6 Å². The summed E-state index contributed by atoms with van der Waals surface area (Å²) in [6, 6.07) is 8.34. The molecule has 4 aliphatic rings. The number of carbonyl (C=O) groups excluding carboxylic acids is 2. The maximum atomic E-state index is 13.1. The van der Waals surface area contributed by atoms with Crippen LogP contribution >= 0.6 is 0 Å². The first-order valence-corrected chi connectivity index (χ1v) is 16.8. The smallest absolute Gasteiger partial charge is 0.415 e. The molecule has 2 fully saturated rings. The van der Waals surface area contributed by atoms with Gasteiger partial charge >= 0.3 is 6.09 Å². The molecule has 6 heterocycles. The Kier molecular flexibility index (Phi) is 8.82. The van der Waals surface area contributed by atoms with E-state index >= 15 is 0 Å². The number of aromatic nitrogens is 3. The van der Waals surface area contributed by atoms with Crippen LogP contribution in [-0.4, -0.2) is 107 Å². The van der Waals surface area contributed by atoms with Gasteiger partial charge in [0.2, 0.25) is 17.7 Å². The second-order valence-corrected chi connectivity index (χ2v) is 13.8. The van der Waals surface area contributed by atoms with Gasteiger partial charge in [-0.1, -0.05) is 12.1 Å². The van der Waals surface area contributed by atoms with E-state index in [4.69, 9.17) is 19.2 Å². The quantitative estimate of drug-likeness (QED) is 0.418. The number of ether oxygens (including phenoxy) is 3. The third kappa shape index (κ3) is 6.88. The molecule has 48 heavy (non-hydrogen) atoms. The Balaban J connectivity index is 0.983. The fraction of sp³-hybridized carbons (Fsp3) is 0.514. The van der Waals surface area contributed by atoms with E-state index < -0.39 is 11.7 Å². The average Bonchev–Trinajstić information content (AvgIpc) is 3.04. The molecule has 4 aliphatic heterocycles. The molecule has 2 aromatic heterocycles. The molecule has 1 aromatic carbocycles. The Morgan fingerprint density at radius 3 is 2.52 bits per heavy atom. The van der Waals surface area contributed by atoms with Crippen molar-refractivity contribution in [3.05, 3.63) is 59.0 Å². The monoisotopic (exact) mass is 656 g/mol. The maximum absolute atomic E-state index is 13.1. The summed E-state index contributed by atoms with van der Waals surface area (Å²) < 4.78 is 17.0. The van der Waals surface area contributed by atoms with Gasteiger partial charge in [-0.05, 0) is 57.4 Å². The number of hydrogen-bond donors (Lipinski definition) is 1. The van der Waals surface area contributed by atoms with Crippen LogP contribution < -0.4 is 19.9 Å². The largest absolute Gasteiger partial charge is 0.474 e. The molecule has 13 heteroatoms. The van der Waals surface area contributed by atoms with Crippen LogP contribution in [-0.2, 0) is 33.7 Å². The minimum absolute atomic E-state index is 0.164. The molecule has 254 valence electrons. The van der Waals surface area contributed by atoms with Crippen molar-refractivity contribution in [1.29, 1.82) is 0 Å². The normalized spacial score (nSPS) is 18.4. The van der Waals surface area contributed by atoms with Crippen molar-refractivity contribution in [2.24, 2.45) is 0 Å². The Hall–Kier alpha value is -4.49. The minimum atomic E-state index is -0.612. The van der Waals surface area contributed by atoms with Gasteiger partial charge in [-0.15, -0.1) is 0 Å². The van der Waals surface area contributed by atoms with Gasteiger partial charge in [0.1, 0.15) is 17.9 Å². The van der Waals surface area contributed by atoms with E-state index in [1.807, 2.05) is 69.3 Å².